The van der Waals surface area contributed by atoms with Gasteiger partial charge in [-0.15, -0.1) is 0 Å². The SMILES string of the molecule is CC/C=C/CCOc1cccc2c(OC/C=C(\C)CCC=C(C)C)c(OC)c(=O)oc12. The van der Waals surface area contributed by atoms with Gasteiger partial charge in [0.1, 0.15) is 6.61 Å². The van der Waals surface area contributed by atoms with Crippen molar-refractivity contribution in [1.29, 1.82) is 0 Å². The number of fused-ring (bicyclic) bond motifs is 1. The standard InChI is InChI=1S/C26H34O5/c1-6-7-8-9-17-29-22-15-11-14-21-23(22)31-26(27)25(28-5)24(21)30-18-16-20(4)13-10-12-19(2)3/h7-8,11-12,14-16H,6,9-10,13,17-18H2,1-5H3/b8-7+,20-16+. The van der Waals surface area contributed by atoms with Crippen molar-refractivity contribution in [2.45, 2.75) is 53.4 Å². The van der Waals surface area contributed by atoms with Gasteiger partial charge in [0.25, 0.3) is 0 Å². The van der Waals surface area contributed by atoms with Gasteiger partial charge in [0.15, 0.2) is 17.1 Å². The van der Waals surface area contributed by atoms with Crippen molar-refractivity contribution in [3.8, 4) is 17.2 Å². The lowest BCUT2D eigenvalue weighted by atomic mass is 10.1. The molecule has 1 heterocycles. The van der Waals surface area contributed by atoms with E-state index in [2.05, 4.69) is 45.9 Å². The quantitative estimate of drug-likeness (QED) is 0.217. The summed E-state index contributed by atoms with van der Waals surface area (Å²) in [7, 11) is 1.44. The fourth-order valence-corrected chi connectivity index (χ4v) is 3.07. The molecule has 31 heavy (non-hydrogen) atoms. The summed E-state index contributed by atoms with van der Waals surface area (Å²) in [5, 5.41) is 0.647. The van der Waals surface area contributed by atoms with Crippen LogP contribution in [0.4, 0.5) is 0 Å². The number of hydrogen-bond donors (Lipinski definition) is 0. The Kier molecular flexibility index (Phi) is 9.95. The lowest BCUT2D eigenvalue weighted by molar-refractivity contribution is 0.307. The maximum absolute atomic E-state index is 12.5. The second-order valence-electron chi connectivity index (χ2n) is 7.58. The molecule has 0 bridgehead atoms. The summed E-state index contributed by atoms with van der Waals surface area (Å²) in [5.41, 5.74) is 2.33. The van der Waals surface area contributed by atoms with Gasteiger partial charge in [-0.05, 0) is 64.7 Å². The van der Waals surface area contributed by atoms with Gasteiger partial charge in [-0.1, -0.05) is 42.4 Å². The Morgan fingerprint density at radius 1 is 1.03 bits per heavy atom. The molecule has 1 aromatic heterocycles. The molecule has 168 valence electrons. The molecular formula is C26H34O5. The molecular weight excluding hydrogens is 392 g/mol. The number of ether oxygens (including phenoxy) is 3. The van der Waals surface area contributed by atoms with E-state index in [0.29, 0.717) is 35.7 Å². The molecule has 0 atom stereocenters. The van der Waals surface area contributed by atoms with E-state index < -0.39 is 5.63 Å². The van der Waals surface area contributed by atoms with E-state index in [1.165, 1.54) is 18.3 Å². The molecule has 0 N–H and O–H groups in total. The Bertz CT molecular complexity index is 991. The maximum Gasteiger partial charge on any atom is 0.383 e. The van der Waals surface area contributed by atoms with E-state index in [-0.39, 0.29) is 5.75 Å². The van der Waals surface area contributed by atoms with Gasteiger partial charge in [-0.25, -0.2) is 4.79 Å². The van der Waals surface area contributed by atoms with E-state index in [9.17, 15) is 4.79 Å². The lowest BCUT2D eigenvalue weighted by Gasteiger charge is -2.13. The minimum absolute atomic E-state index is 0.0612. The normalized spacial score (nSPS) is 11.7. The first-order valence-corrected chi connectivity index (χ1v) is 10.8. The zero-order valence-corrected chi connectivity index (χ0v) is 19.3. The van der Waals surface area contributed by atoms with Crippen molar-refractivity contribution in [3.63, 3.8) is 0 Å². The van der Waals surface area contributed by atoms with E-state index >= 15 is 0 Å². The minimum Gasteiger partial charge on any atom is -0.489 e. The highest BCUT2D eigenvalue weighted by molar-refractivity contribution is 5.89. The van der Waals surface area contributed by atoms with Crippen LogP contribution >= 0.6 is 0 Å². The first-order chi connectivity index (χ1) is 15.0. The molecule has 0 amide bonds. The van der Waals surface area contributed by atoms with Gasteiger partial charge in [-0.2, -0.15) is 0 Å². The first-order valence-electron chi connectivity index (χ1n) is 10.8. The topological polar surface area (TPSA) is 57.9 Å². The molecule has 0 saturated heterocycles. The largest absolute Gasteiger partial charge is 0.489 e. The van der Waals surface area contributed by atoms with E-state index in [0.717, 1.165) is 25.7 Å². The van der Waals surface area contributed by atoms with Crippen molar-refractivity contribution in [3.05, 3.63) is 64.1 Å². The molecule has 0 aliphatic carbocycles. The average Bonchev–Trinajstić information content (AvgIpc) is 2.73. The predicted octanol–water partition coefficient (Wildman–Crippen LogP) is 6.61. The molecule has 2 rings (SSSR count). The summed E-state index contributed by atoms with van der Waals surface area (Å²) in [6.07, 6.45) is 12.2. The Balaban J connectivity index is 2.24. The Hall–Kier alpha value is -2.95. The number of benzene rings is 1. The van der Waals surface area contributed by atoms with Crippen LogP contribution in [0.25, 0.3) is 11.0 Å². The molecule has 0 spiro atoms. The highest BCUT2D eigenvalue weighted by atomic mass is 16.5. The van der Waals surface area contributed by atoms with Crippen LogP contribution in [0.15, 0.2) is 62.9 Å². The predicted molar refractivity (Wildman–Crippen MR) is 126 cm³/mol. The summed E-state index contributed by atoms with van der Waals surface area (Å²) >= 11 is 0. The van der Waals surface area contributed by atoms with Crippen LogP contribution in [0, 0.1) is 0 Å². The van der Waals surface area contributed by atoms with Crippen LogP contribution in [0.2, 0.25) is 0 Å². The van der Waals surface area contributed by atoms with Gasteiger partial charge >= 0.3 is 5.63 Å². The molecule has 1 aromatic carbocycles. The number of hydrogen-bond acceptors (Lipinski definition) is 5. The lowest BCUT2D eigenvalue weighted by Crippen LogP contribution is -2.09. The fourth-order valence-electron chi connectivity index (χ4n) is 3.07. The van der Waals surface area contributed by atoms with Crippen LogP contribution in [-0.4, -0.2) is 20.3 Å². The van der Waals surface area contributed by atoms with Crippen molar-refractivity contribution in [1.82, 2.24) is 0 Å². The van der Waals surface area contributed by atoms with E-state index in [1.807, 2.05) is 18.2 Å². The Labute approximate surface area is 185 Å². The molecule has 5 heteroatoms. The average molecular weight is 427 g/mol. The first kappa shape index (κ1) is 24.3. The van der Waals surface area contributed by atoms with Crippen molar-refractivity contribution < 1.29 is 18.6 Å². The third-order valence-corrected chi connectivity index (χ3v) is 4.71. The molecule has 2 aromatic rings. The van der Waals surface area contributed by atoms with Crippen LogP contribution in [0.5, 0.6) is 17.2 Å². The van der Waals surface area contributed by atoms with Crippen LogP contribution in [-0.2, 0) is 0 Å². The zero-order chi connectivity index (χ0) is 22.6. The van der Waals surface area contributed by atoms with Gasteiger partial charge < -0.3 is 18.6 Å². The smallest absolute Gasteiger partial charge is 0.383 e. The summed E-state index contributed by atoms with van der Waals surface area (Å²) in [4.78, 5) is 12.5. The summed E-state index contributed by atoms with van der Waals surface area (Å²) in [5.74, 6) is 0.949. The molecule has 0 unspecified atom stereocenters. The number of allylic oxidation sites excluding steroid dienone is 4. The molecule has 0 aliphatic heterocycles. The van der Waals surface area contributed by atoms with Gasteiger partial charge in [-0.3, -0.25) is 0 Å². The van der Waals surface area contributed by atoms with E-state index in [1.54, 1.807) is 6.07 Å². The third-order valence-electron chi connectivity index (χ3n) is 4.71. The third kappa shape index (κ3) is 7.35. The summed E-state index contributed by atoms with van der Waals surface area (Å²) in [6.45, 7) is 9.19. The van der Waals surface area contributed by atoms with Crippen LogP contribution < -0.4 is 19.8 Å². The fraction of sp³-hybridized carbons (Fsp3) is 0.423. The minimum atomic E-state index is -0.587. The summed E-state index contributed by atoms with van der Waals surface area (Å²) in [6, 6.07) is 5.48. The Morgan fingerprint density at radius 2 is 1.84 bits per heavy atom. The second-order valence-corrected chi connectivity index (χ2v) is 7.58. The molecule has 0 aliphatic rings. The highest BCUT2D eigenvalue weighted by Gasteiger charge is 2.19. The molecule has 0 radical (unpaired) electrons. The highest BCUT2D eigenvalue weighted by Crippen LogP contribution is 2.36. The molecule has 0 saturated carbocycles. The van der Waals surface area contributed by atoms with Crippen molar-refractivity contribution >= 4 is 11.0 Å². The van der Waals surface area contributed by atoms with Crippen LogP contribution in [0.3, 0.4) is 0 Å². The number of rotatable bonds is 12. The monoisotopic (exact) mass is 426 g/mol. The molecule has 0 fully saturated rings. The maximum atomic E-state index is 12.5. The van der Waals surface area contributed by atoms with Gasteiger partial charge in [0.2, 0.25) is 5.75 Å². The Morgan fingerprint density at radius 3 is 2.55 bits per heavy atom. The van der Waals surface area contributed by atoms with E-state index in [4.69, 9.17) is 18.6 Å². The zero-order valence-electron chi connectivity index (χ0n) is 19.3. The van der Waals surface area contributed by atoms with Crippen LogP contribution in [0.1, 0.15) is 53.4 Å². The van der Waals surface area contributed by atoms with Gasteiger partial charge in [0.05, 0.1) is 19.1 Å². The summed E-state index contributed by atoms with van der Waals surface area (Å²) < 4.78 is 22.6. The second kappa shape index (κ2) is 12.7. The molecule has 5 nitrogen and oxygen atoms in total. The van der Waals surface area contributed by atoms with Crippen molar-refractivity contribution in [2.75, 3.05) is 20.3 Å². The van der Waals surface area contributed by atoms with Crippen molar-refractivity contribution in [2.24, 2.45) is 0 Å². The number of methoxy groups -OCH3 is 1. The number of para-hydroxylation sites is 1. The van der Waals surface area contributed by atoms with Gasteiger partial charge in [0, 0.05) is 0 Å².